The Morgan fingerprint density at radius 1 is 1.44 bits per heavy atom. The second kappa shape index (κ2) is 6.19. The Kier molecular flexibility index (Phi) is 4.88. The molecule has 1 aromatic carbocycles. The number of hydrogen-bond donors (Lipinski definition) is 0. The standard InChI is InChI=1S/C9H9F2N3OS/c10-7-2-3-8(11)9(6-7)16(15)5-1-4-13-14-12/h2-3,6H,1,4-5H2. The van der Waals surface area contributed by atoms with E-state index in [4.69, 9.17) is 5.53 Å². The summed E-state index contributed by atoms with van der Waals surface area (Å²) in [6.07, 6.45) is 0.368. The van der Waals surface area contributed by atoms with Crippen LogP contribution in [-0.2, 0) is 10.8 Å². The fraction of sp³-hybridized carbons (Fsp3) is 0.333. The molecule has 0 bridgehead atoms. The first-order valence-corrected chi connectivity index (χ1v) is 5.81. The molecule has 1 rings (SSSR count). The zero-order chi connectivity index (χ0) is 12.0. The molecule has 0 saturated heterocycles. The average Bonchev–Trinajstić information content (AvgIpc) is 2.27. The number of hydrogen-bond acceptors (Lipinski definition) is 2. The lowest BCUT2D eigenvalue weighted by Gasteiger charge is -2.02. The molecule has 86 valence electrons. The van der Waals surface area contributed by atoms with Crippen molar-refractivity contribution in [1.29, 1.82) is 0 Å². The van der Waals surface area contributed by atoms with Crippen molar-refractivity contribution in [3.8, 4) is 0 Å². The van der Waals surface area contributed by atoms with Crippen molar-refractivity contribution in [1.82, 2.24) is 0 Å². The predicted molar refractivity (Wildman–Crippen MR) is 56.3 cm³/mol. The molecule has 16 heavy (non-hydrogen) atoms. The van der Waals surface area contributed by atoms with Gasteiger partial charge in [-0.25, -0.2) is 8.78 Å². The van der Waals surface area contributed by atoms with E-state index in [1.165, 1.54) is 0 Å². The monoisotopic (exact) mass is 245 g/mol. The summed E-state index contributed by atoms with van der Waals surface area (Å²) in [4.78, 5) is 2.38. The minimum Gasteiger partial charge on any atom is -0.254 e. The van der Waals surface area contributed by atoms with E-state index in [2.05, 4.69) is 10.0 Å². The molecule has 0 amide bonds. The summed E-state index contributed by atoms with van der Waals surface area (Å²) in [5.41, 5.74) is 8.00. The van der Waals surface area contributed by atoms with Crippen LogP contribution in [0.4, 0.5) is 8.78 Å². The molecular formula is C9H9F2N3OS. The van der Waals surface area contributed by atoms with Gasteiger partial charge in [-0.15, -0.1) is 0 Å². The van der Waals surface area contributed by atoms with Crippen molar-refractivity contribution in [2.24, 2.45) is 5.11 Å². The first-order chi connectivity index (χ1) is 7.65. The van der Waals surface area contributed by atoms with Crippen molar-refractivity contribution in [2.45, 2.75) is 11.3 Å². The van der Waals surface area contributed by atoms with Gasteiger partial charge in [-0.05, 0) is 30.2 Å². The molecule has 0 saturated carbocycles. The molecule has 1 unspecified atom stereocenters. The van der Waals surface area contributed by atoms with E-state index < -0.39 is 22.4 Å². The van der Waals surface area contributed by atoms with Gasteiger partial charge < -0.3 is 0 Å². The summed E-state index contributed by atoms with van der Waals surface area (Å²) < 4.78 is 37.5. The Labute approximate surface area is 93.4 Å². The zero-order valence-corrected chi connectivity index (χ0v) is 9.08. The molecule has 1 atom stereocenters. The molecule has 0 radical (unpaired) electrons. The maximum atomic E-state index is 13.2. The van der Waals surface area contributed by atoms with E-state index in [1.54, 1.807) is 0 Å². The third kappa shape index (κ3) is 3.60. The molecule has 0 aromatic heterocycles. The van der Waals surface area contributed by atoms with Gasteiger partial charge in [0.15, 0.2) is 0 Å². The van der Waals surface area contributed by atoms with Gasteiger partial charge >= 0.3 is 0 Å². The number of nitrogens with zero attached hydrogens (tertiary/aromatic N) is 3. The van der Waals surface area contributed by atoms with Gasteiger partial charge in [0.25, 0.3) is 0 Å². The van der Waals surface area contributed by atoms with Crippen molar-refractivity contribution < 1.29 is 13.0 Å². The van der Waals surface area contributed by atoms with Crippen LogP contribution in [0.25, 0.3) is 10.4 Å². The molecule has 0 fully saturated rings. The molecular weight excluding hydrogens is 236 g/mol. The van der Waals surface area contributed by atoms with Gasteiger partial charge in [-0.3, -0.25) is 4.21 Å². The second-order valence-electron chi connectivity index (χ2n) is 2.93. The van der Waals surface area contributed by atoms with Crippen LogP contribution in [-0.4, -0.2) is 16.5 Å². The lowest BCUT2D eigenvalue weighted by Crippen LogP contribution is -2.02. The minimum atomic E-state index is -1.61. The molecule has 0 N–H and O–H groups in total. The van der Waals surface area contributed by atoms with E-state index in [1.807, 2.05) is 0 Å². The molecule has 0 aliphatic heterocycles. The van der Waals surface area contributed by atoms with Crippen LogP contribution >= 0.6 is 0 Å². The smallest absolute Gasteiger partial charge is 0.139 e. The number of rotatable bonds is 5. The molecule has 4 nitrogen and oxygen atoms in total. The van der Waals surface area contributed by atoms with Gasteiger partial charge in [0, 0.05) is 17.2 Å². The lowest BCUT2D eigenvalue weighted by molar-refractivity contribution is 0.571. The summed E-state index contributed by atoms with van der Waals surface area (Å²) in [6, 6.07) is 2.82. The van der Waals surface area contributed by atoms with Gasteiger partial charge in [-0.2, -0.15) is 0 Å². The maximum absolute atomic E-state index is 13.2. The van der Waals surface area contributed by atoms with Gasteiger partial charge in [0.2, 0.25) is 0 Å². The molecule has 0 aliphatic rings. The van der Waals surface area contributed by atoms with Crippen LogP contribution in [0.2, 0.25) is 0 Å². The van der Waals surface area contributed by atoms with Crippen molar-refractivity contribution in [3.05, 3.63) is 40.3 Å². The first-order valence-electron chi connectivity index (χ1n) is 4.49. The van der Waals surface area contributed by atoms with E-state index in [9.17, 15) is 13.0 Å². The number of benzene rings is 1. The lowest BCUT2D eigenvalue weighted by atomic mass is 10.3. The van der Waals surface area contributed by atoms with Crippen molar-refractivity contribution in [2.75, 3.05) is 12.3 Å². The van der Waals surface area contributed by atoms with Gasteiger partial charge in [-0.1, -0.05) is 5.11 Å². The highest BCUT2D eigenvalue weighted by molar-refractivity contribution is 7.85. The van der Waals surface area contributed by atoms with E-state index >= 15 is 0 Å². The average molecular weight is 245 g/mol. The number of halogens is 2. The van der Waals surface area contributed by atoms with Gasteiger partial charge in [0.1, 0.15) is 11.6 Å². The third-order valence-electron chi connectivity index (χ3n) is 1.79. The van der Waals surface area contributed by atoms with E-state index in [0.29, 0.717) is 6.42 Å². The molecule has 0 aliphatic carbocycles. The summed E-state index contributed by atoms with van der Waals surface area (Å²) >= 11 is 0. The zero-order valence-electron chi connectivity index (χ0n) is 8.27. The highest BCUT2D eigenvalue weighted by Crippen LogP contribution is 2.14. The molecule has 0 spiro atoms. The first kappa shape index (κ1) is 12.6. The van der Waals surface area contributed by atoms with Crippen molar-refractivity contribution in [3.63, 3.8) is 0 Å². The summed E-state index contributed by atoms with van der Waals surface area (Å²) in [5.74, 6) is -1.18. The van der Waals surface area contributed by atoms with Crippen LogP contribution in [0, 0.1) is 11.6 Å². The largest absolute Gasteiger partial charge is 0.254 e. The molecule has 1 aromatic rings. The second-order valence-corrected chi connectivity index (χ2v) is 4.47. The quantitative estimate of drug-likeness (QED) is 0.340. The fourth-order valence-electron chi connectivity index (χ4n) is 1.07. The SMILES string of the molecule is [N-]=[N+]=NCCCS(=O)c1cc(F)ccc1F. The molecule has 7 heteroatoms. The Morgan fingerprint density at radius 3 is 2.88 bits per heavy atom. The molecule has 0 heterocycles. The maximum Gasteiger partial charge on any atom is 0.139 e. The topological polar surface area (TPSA) is 65.8 Å². The van der Waals surface area contributed by atoms with E-state index in [-0.39, 0.29) is 17.2 Å². The summed E-state index contributed by atoms with van der Waals surface area (Å²) in [7, 11) is -1.61. The van der Waals surface area contributed by atoms with Crippen LogP contribution in [0.15, 0.2) is 28.2 Å². The van der Waals surface area contributed by atoms with Gasteiger partial charge in [0.05, 0.1) is 15.7 Å². The highest BCUT2D eigenvalue weighted by Gasteiger charge is 2.10. The van der Waals surface area contributed by atoms with Crippen LogP contribution in [0.1, 0.15) is 6.42 Å². The van der Waals surface area contributed by atoms with Crippen LogP contribution in [0.5, 0.6) is 0 Å². The Hall–Kier alpha value is -1.46. The van der Waals surface area contributed by atoms with Crippen LogP contribution < -0.4 is 0 Å². The third-order valence-corrected chi connectivity index (χ3v) is 3.25. The highest BCUT2D eigenvalue weighted by atomic mass is 32.2. The normalized spacial score (nSPS) is 11.9. The predicted octanol–water partition coefficient (Wildman–Crippen LogP) is 2.77. The Morgan fingerprint density at radius 2 is 2.19 bits per heavy atom. The Balaban J connectivity index is 2.65. The fourth-order valence-corrected chi connectivity index (χ4v) is 2.21. The summed E-state index contributed by atoms with van der Waals surface area (Å²) in [5, 5.41) is 3.26. The number of azide groups is 1. The van der Waals surface area contributed by atoms with Crippen molar-refractivity contribution >= 4 is 10.8 Å². The summed E-state index contributed by atoms with van der Waals surface area (Å²) in [6.45, 7) is 0.194. The van der Waals surface area contributed by atoms with E-state index in [0.717, 1.165) is 18.2 Å². The Bertz CT molecular complexity index is 446. The van der Waals surface area contributed by atoms with Crippen LogP contribution in [0.3, 0.4) is 0 Å². The minimum absolute atomic E-state index is 0.138.